The molecule has 7 aromatic rings. The van der Waals surface area contributed by atoms with Gasteiger partial charge >= 0.3 is 0 Å². The molecule has 1 N–H and O–H groups in total. The van der Waals surface area contributed by atoms with E-state index in [1.54, 1.807) is 0 Å². The maximum Gasteiger partial charge on any atom is 0.169 e. The Morgan fingerprint density at radius 1 is 0.682 bits per heavy atom. The first kappa shape index (κ1) is 24.7. The van der Waals surface area contributed by atoms with Gasteiger partial charge in [0.1, 0.15) is 17.2 Å². The molecule has 0 amide bonds. The van der Waals surface area contributed by atoms with Crippen molar-refractivity contribution in [3.8, 4) is 5.69 Å². The molecule has 0 spiro atoms. The number of para-hydroxylation sites is 2. The highest BCUT2D eigenvalue weighted by Crippen LogP contribution is 2.42. The number of aliphatic imine (C=N–C) groups is 2. The molecule has 2 atom stereocenters. The van der Waals surface area contributed by atoms with E-state index < -0.39 is 0 Å². The van der Waals surface area contributed by atoms with Crippen molar-refractivity contribution in [3.63, 3.8) is 0 Å². The zero-order valence-electron chi connectivity index (χ0n) is 23.6. The summed E-state index contributed by atoms with van der Waals surface area (Å²) in [5, 5.41) is 11.9. The van der Waals surface area contributed by atoms with Crippen LogP contribution in [0.1, 0.15) is 34.7 Å². The summed E-state index contributed by atoms with van der Waals surface area (Å²) in [5.41, 5.74) is 7.22. The molecule has 2 aliphatic heterocycles. The molecule has 2 unspecified atom stereocenters. The van der Waals surface area contributed by atoms with Gasteiger partial charge in [0.15, 0.2) is 6.17 Å². The number of aromatic nitrogens is 1. The standard InChI is InChI=1S/C38H26N5O/c1-3-11-24(12-4-1)36-40-37(25-13-5-2-6-14-25)42-38(41-36)35-34-29-20-19-26(23-33(29)44-32(34)21-22-39-35)43-30-17-9-7-15-27(30)28-16-8-10-18-31(28)43/h1-23,35-36H,(H,40,41,42)/q-1. The van der Waals surface area contributed by atoms with Crippen molar-refractivity contribution in [2.24, 2.45) is 9.98 Å². The zero-order valence-corrected chi connectivity index (χ0v) is 23.6. The fraction of sp³-hybridized carbons (Fsp3) is 0.0526. The van der Waals surface area contributed by atoms with E-state index in [-0.39, 0.29) is 12.2 Å². The van der Waals surface area contributed by atoms with Gasteiger partial charge in [0, 0.05) is 33.5 Å². The van der Waals surface area contributed by atoms with Gasteiger partial charge in [-0.25, -0.2) is 9.98 Å². The minimum atomic E-state index is -0.382. The number of benzene rings is 5. The number of furan rings is 1. The van der Waals surface area contributed by atoms with Crippen molar-refractivity contribution in [3.05, 3.63) is 161 Å². The molecule has 0 bridgehead atoms. The first-order valence-corrected chi connectivity index (χ1v) is 14.8. The number of nitrogens with one attached hydrogen (secondary N) is 1. The van der Waals surface area contributed by atoms with Gasteiger partial charge in [-0.05, 0) is 47.5 Å². The van der Waals surface area contributed by atoms with Crippen LogP contribution in [-0.2, 0) is 0 Å². The third kappa shape index (κ3) is 3.88. The van der Waals surface area contributed by atoms with E-state index in [4.69, 9.17) is 19.7 Å². The molecule has 0 radical (unpaired) electrons. The van der Waals surface area contributed by atoms with Crippen molar-refractivity contribution in [1.29, 1.82) is 0 Å². The Morgan fingerprint density at radius 2 is 1.36 bits per heavy atom. The van der Waals surface area contributed by atoms with Crippen LogP contribution in [0, 0.1) is 0 Å². The van der Waals surface area contributed by atoms with Crippen LogP contribution >= 0.6 is 0 Å². The van der Waals surface area contributed by atoms with Gasteiger partial charge in [0.05, 0.1) is 16.9 Å². The van der Waals surface area contributed by atoms with Gasteiger partial charge in [-0.1, -0.05) is 97.1 Å². The zero-order chi connectivity index (χ0) is 29.0. The Labute approximate surface area is 253 Å². The lowest BCUT2D eigenvalue weighted by Crippen LogP contribution is -2.39. The molecule has 0 saturated heterocycles. The van der Waals surface area contributed by atoms with Gasteiger partial charge in [-0.2, -0.15) is 6.20 Å². The Balaban J connectivity index is 1.17. The third-order valence-corrected chi connectivity index (χ3v) is 8.48. The van der Waals surface area contributed by atoms with Crippen LogP contribution in [0.2, 0.25) is 0 Å². The Morgan fingerprint density at radius 3 is 2.11 bits per heavy atom. The molecule has 6 nitrogen and oxygen atoms in total. The molecule has 0 fully saturated rings. The lowest BCUT2D eigenvalue weighted by atomic mass is 9.98. The summed E-state index contributed by atoms with van der Waals surface area (Å²) in [7, 11) is 0. The lowest BCUT2D eigenvalue weighted by Gasteiger charge is -2.36. The molecule has 0 aliphatic carbocycles. The van der Waals surface area contributed by atoms with Crippen LogP contribution in [0.25, 0.3) is 49.9 Å². The average molecular weight is 569 g/mol. The molecule has 44 heavy (non-hydrogen) atoms. The quantitative estimate of drug-likeness (QED) is 0.230. The van der Waals surface area contributed by atoms with E-state index in [0.717, 1.165) is 61.8 Å². The van der Waals surface area contributed by atoms with Crippen LogP contribution < -0.4 is 5.32 Å². The summed E-state index contributed by atoms with van der Waals surface area (Å²) in [6.07, 6.45) is 3.38. The van der Waals surface area contributed by atoms with Gasteiger partial charge in [0.25, 0.3) is 0 Å². The topological polar surface area (TPSA) is 68.9 Å². The Hall–Kier alpha value is -5.88. The number of nitrogens with zero attached hydrogens (tertiary/aromatic N) is 4. The summed E-state index contributed by atoms with van der Waals surface area (Å²) in [6, 6.07) is 43.5. The summed E-state index contributed by atoms with van der Waals surface area (Å²) >= 11 is 0. The highest BCUT2D eigenvalue weighted by molar-refractivity contribution is 6.14. The molecule has 210 valence electrons. The van der Waals surface area contributed by atoms with Gasteiger partial charge in [0.2, 0.25) is 0 Å². The first-order valence-electron chi connectivity index (χ1n) is 14.8. The second kappa shape index (κ2) is 9.85. The Bertz CT molecular complexity index is 2240. The van der Waals surface area contributed by atoms with Crippen LogP contribution in [-0.4, -0.2) is 16.2 Å². The summed E-state index contributed by atoms with van der Waals surface area (Å²) in [6.45, 7) is 0. The maximum absolute atomic E-state index is 6.52. The summed E-state index contributed by atoms with van der Waals surface area (Å²) < 4.78 is 8.83. The van der Waals surface area contributed by atoms with Crippen LogP contribution in [0.5, 0.6) is 0 Å². The fourth-order valence-electron chi connectivity index (χ4n) is 6.47. The number of fused-ring (bicyclic) bond motifs is 6. The van der Waals surface area contributed by atoms with Crippen molar-refractivity contribution < 1.29 is 4.42 Å². The molecule has 2 aliphatic rings. The van der Waals surface area contributed by atoms with Crippen molar-refractivity contribution in [2.45, 2.75) is 12.2 Å². The van der Waals surface area contributed by atoms with E-state index in [2.05, 4.69) is 101 Å². The highest BCUT2D eigenvalue weighted by atomic mass is 16.3. The smallest absolute Gasteiger partial charge is 0.169 e. The van der Waals surface area contributed by atoms with Crippen LogP contribution in [0.4, 0.5) is 0 Å². The number of amidine groups is 2. The van der Waals surface area contributed by atoms with E-state index in [9.17, 15) is 0 Å². The summed E-state index contributed by atoms with van der Waals surface area (Å²) in [5.74, 6) is 2.31. The molecule has 5 aromatic carbocycles. The molecular formula is C38H26N5O-. The molecular weight excluding hydrogens is 542 g/mol. The minimum Gasteiger partial charge on any atom is -0.678 e. The van der Waals surface area contributed by atoms with Crippen LogP contribution in [0.15, 0.2) is 148 Å². The second-order valence-corrected chi connectivity index (χ2v) is 11.1. The van der Waals surface area contributed by atoms with Gasteiger partial charge < -0.3 is 19.6 Å². The largest absolute Gasteiger partial charge is 0.678 e. The van der Waals surface area contributed by atoms with Crippen molar-refractivity contribution in [1.82, 2.24) is 9.88 Å². The first-order chi connectivity index (χ1) is 21.8. The fourth-order valence-corrected chi connectivity index (χ4v) is 6.47. The second-order valence-electron chi connectivity index (χ2n) is 11.1. The minimum absolute atomic E-state index is 0.365. The molecule has 9 rings (SSSR count). The number of hydrogen-bond acceptors (Lipinski definition) is 4. The number of rotatable bonds is 4. The van der Waals surface area contributed by atoms with E-state index in [1.807, 2.05) is 48.7 Å². The maximum atomic E-state index is 6.52. The van der Waals surface area contributed by atoms with Gasteiger partial charge in [-0.15, -0.1) is 0 Å². The van der Waals surface area contributed by atoms with E-state index in [0.29, 0.717) is 0 Å². The van der Waals surface area contributed by atoms with Crippen molar-refractivity contribution >= 4 is 50.5 Å². The Kier molecular flexibility index (Phi) is 5.53. The molecule has 6 heteroatoms. The summed E-state index contributed by atoms with van der Waals surface area (Å²) in [4.78, 5) is 10.1. The predicted molar refractivity (Wildman–Crippen MR) is 178 cm³/mol. The van der Waals surface area contributed by atoms with Crippen LogP contribution in [0.3, 0.4) is 0 Å². The van der Waals surface area contributed by atoms with Crippen molar-refractivity contribution in [2.75, 3.05) is 0 Å². The van der Waals surface area contributed by atoms with E-state index >= 15 is 0 Å². The normalized spacial score (nSPS) is 17.6. The van der Waals surface area contributed by atoms with E-state index in [1.165, 1.54) is 10.8 Å². The van der Waals surface area contributed by atoms with Gasteiger partial charge in [-0.3, -0.25) is 0 Å². The average Bonchev–Trinajstić information content (AvgIpc) is 3.64. The monoisotopic (exact) mass is 568 g/mol. The molecule has 2 aromatic heterocycles. The lowest BCUT2D eigenvalue weighted by molar-refractivity contribution is 0.596. The third-order valence-electron chi connectivity index (χ3n) is 8.48. The molecule has 4 heterocycles. The number of hydrogen-bond donors (Lipinski definition) is 1. The predicted octanol–water partition coefficient (Wildman–Crippen LogP) is 9.08. The molecule has 0 saturated carbocycles. The SMILES string of the molecule is C1=Cc2oc3cc(-n4c5ccccc5c5ccccc54)ccc3c2C(C2=NC(c3ccccc3)N=C(c3ccccc3)N2)[N-]1. The highest BCUT2D eigenvalue weighted by Gasteiger charge is 2.27.